The topological polar surface area (TPSA) is 50.4 Å². The molecule has 4 nitrogen and oxygen atoms in total. The van der Waals surface area contributed by atoms with Crippen LogP contribution in [0.5, 0.6) is 0 Å². The van der Waals surface area contributed by atoms with Gasteiger partial charge in [-0.25, -0.2) is 0 Å². The smallest absolute Gasteiger partial charge is 0.239 e. The van der Waals surface area contributed by atoms with E-state index >= 15 is 0 Å². The van der Waals surface area contributed by atoms with E-state index in [1.807, 2.05) is 0 Å². The molecule has 3 atom stereocenters. The van der Waals surface area contributed by atoms with Gasteiger partial charge in [-0.3, -0.25) is 4.79 Å². The molecule has 5 fully saturated rings. The van der Waals surface area contributed by atoms with E-state index in [-0.39, 0.29) is 17.5 Å². The average Bonchev–Trinajstić information content (AvgIpc) is 2.34. The number of hydrogen-bond acceptors (Lipinski definition) is 3. The molecule has 4 bridgehead atoms. The fraction of sp³-hybridized carbons (Fsp3) is 0.941. The third-order valence-electron chi connectivity index (χ3n) is 6.25. The Balaban J connectivity index is 1.52. The fourth-order valence-corrected chi connectivity index (χ4v) is 6.67. The first-order chi connectivity index (χ1) is 9.90. The molecular weight excluding hydrogens is 264 g/mol. The normalized spacial score (nSPS) is 51.9. The summed E-state index contributed by atoms with van der Waals surface area (Å²) in [4.78, 5) is 12.6. The third-order valence-corrected chi connectivity index (χ3v) is 6.25. The van der Waals surface area contributed by atoms with Crippen molar-refractivity contribution < 1.29 is 9.53 Å². The van der Waals surface area contributed by atoms with Gasteiger partial charge in [0, 0.05) is 12.1 Å². The molecule has 0 spiro atoms. The number of ether oxygens (including phenoxy) is 1. The molecule has 5 aliphatic rings. The van der Waals surface area contributed by atoms with Crippen molar-refractivity contribution in [2.75, 3.05) is 19.8 Å². The van der Waals surface area contributed by atoms with Crippen LogP contribution < -0.4 is 10.6 Å². The predicted molar refractivity (Wildman–Crippen MR) is 80.9 cm³/mol. The van der Waals surface area contributed by atoms with Crippen LogP contribution in [-0.4, -0.2) is 37.2 Å². The number of nitrogens with one attached hydrogen (secondary N) is 2. The molecule has 3 unspecified atom stereocenters. The highest BCUT2D eigenvalue weighted by Crippen LogP contribution is 2.66. The predicted octanol–water partition coefficient (Wildman–Crippen LogP) is 1.84. The minimum absolute atomic E-state index is 0.0547. The number of morpholine rings is 1. The zero-order valence-electron chi connectivity index (χ0n) is 13.3. The summed E-state index contributed by atoms with van der Waals surface area (Å²) in [5, 5.41) is 6.75. The molecule has 2 N–H and O–H groups in total. The van der Waals surface area contributed by atoms with Crippen LogP contribution in [0.3, 0.4) is 0 Å². The van der Waals surface area contributed by atoms with E-state index < -0.39 is 0 Å². The van der Waals surface area contributed by atoms with Gasteiger partial charge in [0.1, 0.15) is 6.04 Å². The summed E-state index contributed by atoms with van der Waals surface area (Å²) in [6.45, 7) is 6.90. The lowest BCUT2D eigenvalue weighted by molar-refractivity contribution is -0.143. The molecule has 4 aliphatic carbocycles. The number of carbonyl (C=O) groups excluding carboxylic acids is 1. The number of carbonyl (C=O) groups is 1. The van der Waals surface area contributed by atoms with Gasteiger partial charge >= 0.3 is 0 Å². The van der Waals surface area contributed by atoms with Crippen LogP contribution in [0.15, 0.2) is 0 Å². The first-order valence-corrected chi connectivity index (χ1v) is 8.53. The number of rotatable bonds is 2. The maximum atomic E-state index is 12.6. The monoisotopic (exact) mass is 292 g/mol. The molecule has 4 heteroatoms. The Bertz CT molecular complexity index is 440. The highest BCUT2D eigenvalue weighted by molar-refractivity contribution is 5.82. The number of amides is 1. The van der Waals surface area contributed by atoms with Crippen molar-refractivity contribution in [2.45, 2.75) is 64.0 Å². The molecular formula is C17H28N2O2. The maximum absolute atomic E-state index is 12.6. The Morgan fingerprint density at radius 2 is 1.86 bits per heavy atom. The van der Waals surface area contributed by atoms with Crippen LogP contribution in [0.1, 0.15) is 52.4 Å². The van der Waals surface area contributed by atoms with Crippen molar-refractivity contribution in [1.82, 2.24) is 10.6 Å². The summed E-state index contributed by atoms with van der Waals surface area (Å²) in [6.07, 6.45) is 7.61. The Morgan fingerprint density at radius 1 is 1.14 bits per heavy atom. The molecule has 0 aromatic rings. The lowest BCUT2D eigenvalue weighted by atomic mass is 9.43. The third kappa shape index (κ3) is 2.40. The van der Waals surface area contributed by atoms with E-state index in [0.29, 0.717) is 24.0 Å². The van der Waals surface area contributed by atoms with E-state index in [1.54, 1.807) is 0 Å². The van der Waals surface area contributed by atoms with E-state index in [9.17, 15) is 4.79 Å². The Labute approximate surface area is 127 Å². The lowest BCUT2D eigenvalue weighted by Gasteiger charge is -2.65. The maximum Gasteiger partial charge on any atom is 0.239 e. The van der Waals surface area contributed by atoms with E-state index in [1.165, 1.54) is 38.5 Å². The van der Waals surface area contributed by atoms with Crippen molar-refractivity contribution in [3.05, 3.63) is 0 Å². The molecule has 0 aromatic carbocycles. The van der Waals surface area contributed by atoms with Crippen LogP contribution in [-0.2, 0) is 9.53 Å². The summed E-state index contributed by atoms with van der Waals surface area (Å²) >= 11 is 0. The molecule has 1 aliphatic heterocycles. The largest absolute Gasteiger partial charge is 0.378 e. The molecule has 5 rings (SSSR count). The first kappa shape index (κ1) is 14.0. The average molecular weight is 292 g/mol. The van der Waals surface area contributed by atoms with Crippen LogP contribution in [0, 0.1) is 16.7 Å². The molecule has 118 valence electrons. The highest BCUT2D eigenvalue weighted by Gasteiger charge is 2.60. The van der Waals surface area contributed by atoms with Crippen molar-refractivity contribution >= 4 is 5.91 Å². The Hall–Kier alpha value is -0.610. The highest BCUT2D eigenvalue weighted by atomic mass is 16.5. The zero-order valence-corrected chi connectivity index (χ0v) is 13.3. The van der Waals surface area contributed by atoms with Crippen LogP contribution in [0.25, 0.3) is 0 Å². The number of hydrogen-bond donors (Lipinski definition) is 2. The van der Waals surface area contributed by atoms with Crippen LogP contribution >= 0.6 is 0 Å². The van der Waals surface area contributed by atoms with Crippen molar-refractivity contribution in [1.29, 1.82) is 0 Å². The van der Waals surface area contributed by atoms with Gasteiger partial charge in [0.15, 0.2) is 0 Å². The second kappa shape index (κ2) is 4.45. The summed E-state index contributed by atoms with van der Waals surface area (Å²) < 4.78 is 5.44. The minimum Gasteiger partial charge on any atom is -0.378 e. The summed E-state index contributed by atoms with van der Waals surface area (Å²) in [5.41, 5.74) is 0.939. The van der Waals surface area contributed by atoms with Gasteiger partial charge in [0.25, 0.3) is 0 Å². The molecule has 21 heavy (non-hydrogen) atoms. The second-order valence-corrected chi connectivity index (χ2v) is 8.98. The Kier molecular flexibility index (Phi) is 2.97. The van der Waals surface area contributed by atoms with Gasteiger partial charge in [0.2, 0.25) is 5.91 Å². The molecule has 1 amide bonds. The zero-order chi connectivity index (χ0) is 14.7. The fourth-order valence-electron chi connectivity index (χ4n) is 6.67. The molecule has 4 saturated carbocycles. The van der Waals surface area contributed by atoms with Crippen LogP contribution in [0.4, 0.5) is 0 Å². The molecule has 1 heterocycles. The SMILES string of the molecule is CC12CC3CC(C)(C1)CC(NC(=O)C1COCCN1)(C3)C2. The summed E-state index contributed by atoms with van der Waals surface area (Å²) in [6, 6.07) is -0.160. The van der Waals surface area contributed by atoms with Crippen LogP contribution in [0.2, 0.25) is 0 Å². The van der Waals surface area contributed by atoms with Gasteiger partial charge in [-0.1, -0.05) is 13.8 Å². The van der Waals surface area contributed by atoms with Crippen molar-refractivity contribution in [2.24, 2.45) is 16.7 Å². The molecule has 1 saturated heterocycles. The van der Waals surface area contributed by atoms with E-state index in [4.69, 9.17) is 4.74 Å². The van der Waals surface area contributed by atoms with E-state index in [0.717, 1.165) is 12.5 Å². The standard InChI is InChI=1S/C17H28N2O2/c1-15-5-12-6-16(2,9-15)11-17(7-12,10-15)19-14(20)13-8-21-4-3-18-13/h12-13,18H,3-11H2,1-2H3,(H,19,20). The van der Waals surface area contributed by atoms with Gasteiger partial charge < -0.3 is 15.4 Å². The second-order valence-electron chi connectivity index (χ2n) is 8.98. The van der Waals surface area contributed by atoms with Gasteiger partial charge in [-0.15, -0.1) is 0 Å². The lowest BCUT2D eigenvalue weighted by Crippen LogP contribution is -2.67. The molecule has 0 aromatic heterocycles. The quantitative estimate of drug-likeness (QED) is 0.816. The van der Waals surface area contributed by atoms with Gasteiger partial charge in [-0.2, -0.15) is 0 Å². The van der Waals surface area contributed by atoms with E-state index in [2.05, 4.69) is 24.5 Å². The van der Waals surface area contributed by atoms with Gasteiger partial charge in [-0.05, 0) is 55.3 Å². The minimum atomic E-state index is -0.160. The summed E-state index contributed by atoms with van der Waals surface area (Å²) in [5.74, 6) is 0.968. The Morgan fingerprint density at radius 3 is 2.43 bits per heavy atom. The van der Waals surface area contributed by atoms with Gasteiger partial charge in [0.05, 0.1) is 13.2 Å². The summed E-state index contributed by atoms with van der Waals surface area (Å²) in [7, 11) is 0. The van der Waals surface area contributed by atoms with Crippen molar-refractivity contribution in [3.8, 4) is 0 Å². The van der Waals surface area contributed by atoms with Crippen molar-refractivity contribution in [3.63, 3.8) is 0 Å². The first-order valence-electron chi connectivity index (χ1n) is 8.53. The molecule has 0 radical (unpaired) electrons.